The highest BCUT2D eigenvalue weighted by molar-refractivity contribution is 7.13. The third-order valence-electron chi connectivity index (χ3n) is 24.7. The maximum Gasteiger partial charge on any atom is 0.226 e. The van der Waals surface area contributed by atoms with E-state index in [1.807, 2.05) is 42.6 Å². The zero-order chi connectivity index (χ0) is 78.6. The van der Waals surface area contributed by atoms with Gasteiger partial charge in [-0.2, -0.15) is 0 Å². The fraction of sp³-hybridized carbons (Fsp3) is 0.415. The van der Waals surface area contributed by atoms with Crippen LogP contribution in [0.5, 0.6) is 57.5 Å². The highest BCUT2D eigenvalue weighted by Gasteiger charge is 2.40. The average Bonchev–Trinajstić information content (AvgIpc) is 1.04. The standard InChI is InChI=1S/2C22H25NO2.C17H22N2O2.C16H19NO3.C16H19NO2S.CH4/c2*1-4-22(5-2)9-8-17-20(24)12-16(13-21(17)25-22)19-11-15-10-14(3)6-7-18(15)23-19;1-4-17(5-2)7-6-13-14(20)8-12(9-15(13)21-17)16-18-10-11(3)19-16;1-3-16(4-2)6-5-12-13(18)9-11(10-14(12)20-16)15-17-7-8-19-15;1-3-16(4-2)6-5-12-13(18)9-11(10-14(12)19-16)15-17-7-8-20-15;/h2*6-7,10-13,23-24H,4-5,8-9H2,1-3H3;8-10,20H,4-7H2,1-3H3,(H,18,19);2*7-10,18H,3-6H2,1-2H3;1H4. The molecule has 8 N–H and O–H groups in total. The summed E-state index contributed by atoms with van der Waals surface area (Å²) in [5, 5.41) is 57.1. The quantitative estimate of drug-likeness (QED) is 0.0476. The van der Waals surface area contributed by atoms with Gasteiger partial charge in [0.15, 0.2) is 0 Å². The Kier molecular flexibility index (Phi) is 24.6. The lowest BCUT2D eigenvalue weighted by Crippen LogP contribution is -2.38. The first-order valence-corrected chi connectivity index (χ1v) is 41.1. The van der Waals surface area contributed by atoms with Gasteiger partial charge >= 0.3 is 0 Å². The van der Waals surface area contributed by atoms with Gasteiger partial charge in [0.2, 0.25) is 5.89 Å². The van der Waals surface area contributed by atoms with Crippen LogP contribution < -0.4 is 23.7 Å². The summed E-state index contributed by atoms with van der Waals surface area (Å²) in [4.78, 5) is 22.9. The van der Waals surface area contributed by atoms with Crippen molar-refractivity contribution in [3.63, 3.8) is 0 Å². The monoisotopic (exact) mass is 1530 g/mol. The second-order valence-corrected chi connectivity index (χ2v) is 31.9. The second kappa shape index (κ2) is 33.9. The summed E-state index contributed by atoms with van der Waals surface area (Å²) in [7, 11) is 0. The molecule has 10 heterocycles. The fourth-order valence-corrected chi connectivity index (χ4v) is 17.2. The Hall–Kier alpha value is -10.3. The van der Waals surface area contributed by atoms with Gasteiger partial charge in [-0.3, -0.25) is 0 Å². The Balaban J connectivity index is 0.000000130. The molecule has 0 bridgehead atoms. The van der Waals surface area contributed by atoms with Crippen molar-refractivity contribution in [2.45, 2.75) is 254 Å². The Labute approximate surface area is 664 Å². The smallest absolute Gasteiger partial charge is 0.226 e. The average molecular weight is 1540 g/mol. The zero-order valence-corrected chi connectivity index (χ0v) is 67.7. The number of phenols is 5. The predicted octanol–water partition coefficient (Wildman–Crippen LogP) is 24.4. The summed E-state index contributed by atoms with van der Waals surface area (Å²) in [6.07, 6.45) is 25.6. The van der Waals surface area contributed by atoms with Gasteiger partial charge in [0.25, 0.3) is 0 Å². The predicted molar refractivity (Wildman–Crippen MR) is 452 cm³/mol. The molecule has 5 aromatic heterocycles. The van der Waals surface area contributed by atoms with Crippen molar-refractivity contribution in [1.82, 2.24) is 29.9 Å². The van der Waals surface area contributed by atoms with Crippen LogP contribution >= 0.6 is 11.3 Å². The van der Waals surface area contributed by atoms with Crippen LogP contribution in [-0.2, 0) is 32.1 Å². The number of thiazole rings is 1. The van der Waals surface area contributed by atoms with Gasteiger partial charge in [0.1, 0.15) is 103 Å². The lowest BCUT2D eigenvalue weighted by Gasteiger charge is -2.38. The van der Waals surface area contributed by atoms with Crippen molar-refractivity contribution < 1.29 is 53.6 Å². The van der Waals surface area contributed by atoms with Crippen molar-refractivity contribution in [3.05, 3.63) is 184 Å². The number of phenolic OH excluding ortho intramolecular Hbond substituents is 5. The minimum Gasteiger partial charge on any atom is -0.508 e. The van der Waals surface area contributed by atoms with Gasteiger partial charge in [-0.25, -0.2) is 15.0 Å². The first kappa shape index (κ1) is 81.2. The van der Waals surface area contributed by atoms with Crippen molar-refractivity contribution >= 4 is 33.1 Å². The van der Waals surface area contributed by atoms with Crippen LogP contribution in [0.2, 0.25) is 0 Å². The van der Waals surface area contributed by atoms with Gasteiger partial charge in [0.05, 0.1) is 6.20 Å². The fourth-order valence-electron chi connectivity index (χ4n) is 16.6. The molecule has 0 saturated heterocycles. The number of aryl methyl sites for hydroxylation is 3. The number of nitrogens with one attached hydrogen (secondary N) is 3. The topological polar surface area (TPSA) is 246 Å². The molecule has 0 fully saturated rings. The Bertz CT molecular complexity index is 4960. The highest BCUT2D eigenvalue weighted by Crippen LogP contribution is 2.50. The Morgan fingerprint density at radius 1 is 0.375 bits per heavy atom. The molecular weight excluding hydrogens is 1420 g/mol. The van der Waals surface area contributed by atoms with Gasteiger partial charge in [0, 0.05) is 112 Å². The molecule has 0 saturated carbocycles. The molecule has 0 spiro atoms. The van der Waals surface area contributed by atoms with E-state index in [0.717, 1.165) is 252 Å². The van der Waals surface area contributed by atoms with Crippen molar-refractivity contribution in [3.8, 4) is 113 Å². The van der Waals surface area contributed by atoms with E-state index in [-0.39, 0.29) is 41.2 Å². The van der Waals surface area contributed by atoms with E-state index in [4.69, 9.17) is 28.1 Å². The van der Waals surface area contributed by atoms with E-state index in [1.54, 1.807) is 48.1 Å². The van der Waals surface area contributed by atoms with Crippen LogP contribution in [0, 0.1) is 20.8 Å². The Morgan fingerprint density at radius 2 is 0.714 bits per heavy atom. The minimum absolute atomic E-state index is 0. The van der Waals surface area contributed by atoms with Crippen molar-refractivity contribution in [2.75, 3.05) is 0 Å². The molecule has 17 rings (SSSR count). The number of aromatic nitrogens is 6. The molecule has 7 aromatic carbocycles. The number of hydrogen-bond donors (Lipinski definition) is 8. The molecule has 0 radical (unpaired) electrons. The number of ether oxygens (including phenoxy) is 5. The molecule has 17 nitrogen and oxygen atoms in total. The van der Waals surface area contributed by atoms with Gasteiger partial charge in [-0.05, 0) is 246 Å². The third-order valence-corrected chi connectivity index (χ3v) is 25.5. The van der Waals surface area contributed by atoms with Crippen LogP contribution in [0.1, 0.15) is 218 Å². The van der Waals surface area contributed by atoms with Crippen LogP contribution in [-0.4, -0.2) is 83.4 Å². The van der Waals surface area contributed by atoms with Crippen LogP contribution in [0.25, 0.3) is 77.7 Å². The number of hydrogen-bond acceptors (Lipinski definition) is 15. The first-order chi connectivity index (χ1) is 53.5. The number of aromatic hydroxyl groups is 5. The molecule has 0 aliphatic carbocycles. The SMILES string of the molecule is C.CCC1(CC)CCc2c(O)cc(-c3cc4cc(C)ccc4[nH]3)cc2O1.CCC1(CC)CCc2c(O)cc(-c3cc4cc(C)ccc4[nH]3)cc2O1.CCC1(CC)CCc2c(O)cc(-c3ncc(C)[nH]3)cc2O1.CCC1(CC)CCc2c(O)cc(-c3ncco3)cc2O1.CCC1(CC)CCc2c(O)cc(-c3nccs3)cc2O1. The molecule has 592 valence electrons. The molecule has 0 amide bonds. The molecule has 112 heavy (non-hydrogen) atoms. The lowest BCUT2D eigenvalue weighted by atomic mass is 9.86. The van der Waals surface area contributed by atoms with Crippen molar-refractivity contribution in [1.29, 1.82) is 0 Å². The molecule has 5 aliphatic heterocycles. The van der Waals surface area contributed by atoms with Crippen LogP contribution in [0.15, 0.2) is 144 Å². The summed E-state index contributed by atoms with van der Waals surface area (Å²) < 4.78 is 36.8. The van der Waals surface area contributed by atoms with E-state index in [9.17, 15) is 25.5 Å². The number of imidazole rings is 1. The number of rotatable bonds is 15. The van der Waals surface area contributed by atoms with Gasteiger partial charge in [-0.1, -0.05) is 99.9 Å². The van der Waals surface area contributed by atoms with E-state index < -0.39 is 0 Å². The molecular formula is C94H114N6O11S. The molecule has 5 aliphatic rings. The number of benzene rings is 7. The molecule has 0 unspecified atom stereocenters. The first-order valence-electron chi connectivity index (χ1n) is 40.2. The van der Waals surface area contributed by atoms with Crippen LogP contribution in [0.3, 0.4) is 0 Å². The lowest BCUT2D eigenvalue weighted by molar-refractivity contribution is 0.0374. The van der Waals surface area contributed by atoms with E-state index >= 15 is 0 Å². The minimum atomic E-state index is -0.116. The summed E-state index contributed by atoms with van der Waals surface area (Å²) >= 11 is 1.57. The third kappa shape index (κ3) is 16.9. The number of aromatic amines is 3. The number of fused-ring (bicyclic) bond motifs is 7. The normalized spacial score (nSPS) is 16.0. The largest absolute Gasteiger partial charge is 0.508 e. The maximum atomic E-state index is 10.5. The summed E-state index contributed by atoms with van der Waals surface area (Å²) in [6, 6.07) is 36.1. The van der Waals surface area contributed by atoms with Crippen molar-refractivity contribution in [2.24, 2.45) is 0 Å². The van der Waals surface area contributed by atoms with E-state index in [1.165, 1.54) is 28.2 Å². The number of H-pyrrole nitrogens is 3. The van der Waals surface area contributed by atoms with Gasteiger partial charge < -0.3 is 68.6 Å². The number of nitrogens with zero attached hydrogens (tertiary/aromatic N) is 3. The van der Waals surface area contributed by atoms with E-state index in [2.05, 4.69) is 174 Å². The summed E-state index contributed by atoms with van der Waals surface area (Å²) in [5.74, 6) is 6.87. The second-order valence-electron chi connectivity index (χ2n) is 31.0. The summed E-state index contributed by atoms with van der Waals surface area (Å²) in [6.45, 7) is 27.8. The van der Waals surface area contributed by atoms with E-state index in [0.29, 0.717) is 28.9 Å². The van der Waals surface area contributed by atoms with Gasteiger partial charge in [-0.15, -0.1) is 11.3 Å². The molecule has 0 atom stereocenters. The van der Waals surface area contributed by atoms with Crippen LogP contribution in [0.4, 0.5) is 0 Å². The summed E-state index contributed by atoms with van der Waals surface area (Å²) in [5.41, 5.74) is 16.3. The number of oxazole rings is 1. The Morgan fingerprint density at radius 3 is 1.04 bits per heavy atom. The highest BCUT2D eigenvalue weighted by atomic mass is 32.1. The maximum absolute atomic E-state index is 10.5. The molecule has 12 aromatic rings. The zero-order valence-electron chi connectivity index (χ0n) is 66.9. The molecule has 18 heteroatoms.